The van der Waals surface area contributed by atoms with Gasteiger partial charge in [-0.2, -0.15) is 0 Å². The minimum atomic E-state index is -0.394. The molecule has 22 heavy (non-hydrogen) atoms. The van der Waals surface area contributed by atoms with Crippen LogP contribution in [0.15, 0.2) is 59.1 Å². The molecule has 0 fully saturated rings. The van der Waals surface area contributed by atoms with Crippen molar-refractivity contribution in [2.45, 2.75) is 25.8 Å². The van der Waals surface area contributed by atoms with Crippen LogP contribution in [0.5, 0.6) is 0 Å². The highest BCUT2D eigenvalue weighted by Gasteiger charge is 2.22. The van der Waals surface area contributed by atoms with Gasteiger partial charge in [-0.1, -0.05) is 72.2 Å². The Labute approximate surface area is 139 Å². The fourth-order valence-electron chi connectivity index (χ4n) is 2.05. The third kappa shape index (κ3) is 4.88. The Kier molecular flexibility index (Phi) is 5.61. The molecule has 2 rings (SSSR count). The fourth-order valence-corrected chi connectivity index (χ4v) is 2.32. The van der Waals surface area contributed by atoms with Crippen molar-refractivity contribution in [3.63, 3.8) is 0 Å². The van der Waals surface area contributed by atoms with E-state index in [1.807, 2.05) is 54.6 Å². The highest BCUT2D eigenvalue weighted by Crippen LogP contribution is 2.25. The Morgan fingerprint density at radius 3 is 2.36 bits per heavy atom. The third-order valence-electron chi connectivity index (χ3n) is 3.47. The quantitative estimate of drug-likeness (QED) is 0.841. The molecule has 0 spiro atoms. The van der Waals surface area contributed by atoms with Gasteiger partial charge >= 0.3 is 6.09 Å². The lowest BCUT2D eigenvalue weighted by Gasteiger charge is -2.25. The highest BCUT2D eigenvalue weighted by atomic mass is 79.9. The minimum Gasteiger partial charge on any atom is -0.449 e. The third-order valence-corrected chi connectivity index (χ3v) is 4.00. The van der Waals surface area contributed by atoms with E-state index < -0.39 is 6.09 Å². The van der Waals surface area contributed by atoms with Gasteiger partial charge in [-0.15, -0.1) is 0 Å². The van der Waals surface area contributed by atoms with E-state index >= 15 is 0 Å². The van der Waals surface area contributed by atoms with E-state index in [0.717, 1.165) is 15.6 Å². The molecule has 0 saturated heterocycles. The molecule has 0 heterocycles. The molecule has 3 nitrogen and oxygen atoms in total. The first-order valence-electron chi connectivity index (χ1n) is 7.18. The molecule has 0 aliphatic carbocycles. The van der Waals surface area contributed by atoms with Crippen molar-refractivity contribution in [2.24, 2.45) is 0 Å². The Balaban J connectivity index is 1.83. The average molecular weight is 362 g/mol. The van der Waals surface area contributed by atoms with Crippen molar-refractivity contribution >= 4 is 22.0 Å². The molecule has 0 bridgehead atoms. The summed E-state index contributed by atoms with van der Waals surface area (Å²) in [7, 11) is 0. The molecule has 116 valence electrons. The van der Waals surface area contributed by atoms with Crippen LogP contribution in [-0.2, 0) is 16.7 Å². The SMILES string of the molecule is CC(C)(COC(=O)NCc1ccccc1)c1ccc(Br)cc1. The number of ether oxygens (including phenoxy) is 1. The topological polar surface area (TPSA) is 38.3 Å². The summed E-state index contributed by atoms with van der Waals surface area (Å²) in [6.45, 7) is 4.91. The number of halogens is 1. The van der Waals surface area contributed by atoms with Gasteiger partial charge in [0.1, 0.15) is 6.61 Å². The van der Waals surface area contributed by atoms with Gasteiger partial charge in [-0.3, -0.25) is 0 Å². The maximum atomic E-state index is 11.8. The summed E-state index contributed by atoms with van der Waals surface area (Å²) in [6, 6.07) is 17.8. The number of rotatable bonds is 5. The Morgan fingerprint density at radius 2 is 1.73 bits per heavy atom. The lowest BCUT2D eigenvalue weighted by molar-refractivity contribution is 0.123. The number of alkyl carbamates (subject to hydrolysis) is 1. The molecular weight excluding hydrogens is 342 g/mol. The molecule has 0 aliphatic heterocycles. The maximum Gasteiger partial charge on any atom is 0.407 e. The first kappa shape index (κ1) is 16.6. The summed E-state index contributed by atoms with van der Waals surface area (Å²) in [5.41, 5.74) is 1.95. The molecular formula is C18H20BrNO2. The summed E-state index contributed by atoms with van der Waals surface area (Å²) in [5, 5.41) is 2.76. The molecule has 0 aromatic heterocycles. The molecule has 0 atom stereocenters. The van der Waals surface area contributed by atoms with Crippen LogP contribution in [0.25, 0.3) is 0 Å². The second-order valence-corrected chi connectivity index (χ2v) is 6.72. The van der Waals surface area contributed by atoms with Gasteiger partial charge in [0.25, 0.3) is 0 Å². The highest BCUT2D eigenvalue weighted by molar-refractivity contribution is 9.10. The first-order valence-corrected chi connectivity index (χ1v) is 7.97. The van der Waals surface area contributed by atoms with Gasteiger partial charge in [-0.05, 0) is 23.3 Å². The van der Waals surface area contributed by atoms with Crippen LogP contribution < -0.4 is 5.32 Å². The average Bonchev–Trinajstić information content (AvgIpc) is 2.52. The zero-order chi connectivity index (χ0) is 16.0. The zero-order valence-corrected chi connectivity index (χ0v) is 14.4. The van der Waals surface area contributed by atoms with Crippen molar-refractivity contribution < 1.29 is 9.53 Å². The minimum absolute atomic E-state index is 0.231. The van der Waals surface area contributed by atoms with Crippen molar-refractivity contribution in [3.8, 4) is 0 Å². The molecule has 4 heteroatoms. The summed E-state index contributed by atoms with van der Waals surface area (Å²) in [6.07, 6.45) is -0.394. The lowest BCUT2D eigenvalue weighted by Crippen LogP contribution is -2.31. The molecule has 2 aromatic carbocycles. The second-order valence-electron chi connectivity index (χ2n) is 5.81. The van der Waals surface area contributed by atoms with E-state index in [9.17, 15) is 4.79 Å². The van der Waals surface area contributed by atoms with E-state index in [0.29, 0.717) is 13.2 Å². The molecule has 1 amide bonds. The van der Waals surface area contributed by atoms with Crippen LogP contribution in [0.1, 0.15) is 25.0 Å². The van der Waals surface area contributed by atoms with Crippen LogP contribution in [0, 0.1) is 0 Å². The van der Waals surface area contributed by atoms with E-state index in [2.05, 4.69) is 35.1 Å². The number of carbonyl (C=O) groups excluding carboxylic acids is 1. The Hall–Kier alpha value is -1.81. The molecule has 0 saturated carbocycles. The van der Waals surface area contributed by atoms with E-state index in [-0.39, 0.29) is 5.41 Å². The number of hydrogen-bond acceptors (Lipinski definition) is 2. The summed E-state index contributed by atoms with van der Waals surface area (Å²) in [5.74, 6) is 0. The van der Waals surface area contributed by atoms with Gasteiger partial charge in [0.05, 0.1) is 0 Å². The Morgan fingerprint density at radius 1 is 1.09 bits per heavy atom. The van der Waals surface area contributed by atoms with Crippen LogP contribution in [0.3, 0.4) is 0 Å². The molecule has 0 aliphatic rings. The molecule has 0 radical (unpaired) electrons. The van der Waals surface area contributed by atoms with Crippen LogP contribution in [0.2, 0.25) is 0 Å². The maximum absolute atomic E-state index is 11.8. The number of hydrogen-bond donors (Lipinski definition) is 1. The monoisotopic (exact) mass is 361 g/mol. The zero-order valence-electron chi connectivity index (χ0n) is 12.8. The first-order chi connectivity index (χ1) is 10.5. The van der Waals surface area contributed by atoms with Crippen molar-refractivity contribution in [2.75, 3.05) is 6.61 Å². The normalized spacial score (nSPS) is 11.0. The summed E-state index contributed by atoms with van der Waals surface area (Å²) < 4.78 is 6.39. The lowest BCUT2D eigenvalue weighted by atomic mass is 9.86. The van der Waals surface area contributed by atoms with Crippen LogP contribution in [0.4, 0.5) is 4.79 Å². The predicted octanol–water partition coefficient (Wildman–Crippen LogP) is 4.65. The van der Waals surface area contributed by atoms with Gasteiger partial charge in [-0.25, -0.2) is 4.79 Å². The van der Waals surface area contributed by atoms with Gasteiger partial charge in [0.2, 0.25) is 0 Å². The Bertz CT molecular complexity index is 609. The van der Waals surface area contributed by atoms with Crippen LogP contribution in [-0.4, -0.2) is 12.7 Å². The summed E-state index contributed by atoms with van der Waals surface area (Å²) in [4.78, 5) is 11.8. The van der Waals surface area contributed by atoms with Gasteiger partial charge < -0.3 is 10.1 Å². The second kappa shape index (κ2) is 7.45. The van der Waals surface area contributed by atoms with E-state index in [1.54, 1.807) is 0 Å². The molecule has 2 aromatic rings. The fraction of sp³-hybridized carbons (Fsp3) is 0.278. The predicted molar refractivity (Wildman–Crippen MR) is 91.8 cm³/mol. The smallest absolute Gasteiger partial charge is 0.407 e. The number of nitrogens with one attached hydrogen (secondary N) is 1. The number of amides is 1. The van der Waals surface area contributed by atoms with Crippen molar-refractivity contribution in [1.82, 2.24) is 5.32 Å². The van der Waals surface area contributed by atoms with Crippen LogP contribution >= 0.6 is 15.9 Å². The van der Waals surface area contributed by atoms with Gasteiger partial charge in [0, 0.05) is 16.4 Å². The van der Waals surface area contributed by atoms with Crippen molar-refractivity contribution in [1.29, 1.82) is 0 Å². The number of carbonyl (C=O) groups is 1. The van der Waals surface area contributed by atoms with Crippen molar-refractivity contribution in [3.05, 3.63) is 70.2 Å². The molecule has 0 unspecified atom stereocenters. The summed E-state index contributed by atoms with van der Waals surface area (Å²) >= 11 is 3.42. The molecule has 1 N–H and O–H groups in total. The standard InChI is InChI=1S/C18H20BrNO2/c1-18(2,15-8-10-16(19)11-9-15)13-22-17(21)20-12-14-6-4-3-5-7-14/h3-11H,12-13H2,1-2H3,(H,20,21). The number of benzene rings is 2. The van der Waals surface area contributed by atoms with E-state index in [4.69, 9.17) is 4.74 Å². The largest absolute Gasteiger partial charge is 0.449 e. The van der Waals surface area contributed by atoms with Gasteiger partial charge in [0.15, 0.2) is 0 Å². The van der Waals surface area contributed by atoms with E-state index in [1.165, 1.54) is 0 Å².